The Morgan fingerprint density at radius 1 is 1.39 bits per heavy atom. The van der Waals surface area contributed by atoms with Gasteiger partial charge in [0.05, 0.1) is 11.8 Å². The van der Waals surface area contributed by atoms with Gasteiger partial charge in [-0.3, -0.25) is 14.3 Å². The molecule has 23 heavy (non-hydrogen) atoms. The highest BCUT2D eigenvalue weighted by molar-refractivity contribution is 6.10. The average molecular weight is 314 g/mol. The zero-order valence-electron chi connectivity index (χ0n) is 13.8. The highest BCUT2D eigenvalue weighted by atomic mass is 16.2. The quantitative estimate of drug-likeness (QED) is 0.663. The van der Waals surface area contributed by atoms with Gasteiger partial charge in [0, 0.05) is 24.3 Å². The van der Waals surface area contributed by atoms with Gasteiger partial charge in [0.25, 0.3) is 0 Å². The van der Waals surface area contributed by atoms with Crippen LogP contribution in [-0.4, -0.2) is 27.5 Å². The van der Waals surface area contributed by atoms with Crippen molar-refractivity contribution >= 4 is 17.8 Å². The minimum absolute atomic E-state index is 0.0953. The van der Waals surface area contributed by atoms with E-state index in [1.54, 1.807) is 10.8 Å². The summed E-state index contributed by atoms with van der Waals surface area (Å²) in [5.74, 6) is -2.27. The second-order valence-corrected chi connectivity index (χ2v) is 6.00. The number of carbonyl (C=O) groups excluding carboxylic acids is 2. The minimum Gasteiger partial charge on any atom is -0.352 e. The number of amides is 1. The number of nitrogens with zero attached hydrogens (tertiary/aromatic N) is 3. The molecule has 1 fully saturated rings. The first-order valence-corrected chi connectivity index (χ1v) is 7.86. The molecule has 0 unspecified atom stereocenters. The number of nitriles is 1. The maximum Gasteiger partial charge on any atom is 0.245 e. The molecule has 0 bridgehead atoms. The zero-order valence-corrected chi connectivity index (χ0v) is 13.8. The Balaban J connectivity index is 2.06. The number of hydrogen-bond acceptors (Lipinski definition) is 4. The van der Waals surface area contributed by atoms with Crippen molar-refractivity contribution in [3.05, 3.63) is 23.0 Å². The average Bonchev–Trinajstić information content (AvgIpc) is 3.08. The summed E-state index contributed by atoms with van der Waals surface area (Å²) in [6, 6.07) is 1.91. The SMILES string of the molecule is Cc1nn(C)c(C)c1/C=C\C(=O)[C@@H](C#N)C(=O)NC1CCCC1. The van der Waals surface area contributed by atoms with Crippen molar-refractivity contribution in [3.8, 4) is 6.07 Å². The van der Waals surface area contributed by atoms with Gasteiger partial charge in [-0.15, -0.1) is 0 Å². The van der Waals surface area contributed by atoms with E-state index in [0.29, 0.717) is 0 Å². The Hall–Kier alpha value is -2.42. The lowest BCUT2D eigenvalue weighted by atomic mass is 10.0. The number of hydrogen-bond donors (Lipinski definition) is 1. The molecule has 0 aliphatic heterocycles. The van der Waals surface area contributed by atoms with Crippen LogP contribution in [0, 0.1) is 31.1 Å². The molecule has 0 radical (unpaired) electrons. The molecule has 1 heterocycles. The molecule has 2 rings (SSSR count). The molecule has 1 amide bonds. The predicted octanol–water partition coefficient (Wildman–Crippen LogP) is 1.82. The van der Waals surface area contributed by atoms with E-state index in [1.807, 2.05) is 27.0 Å². The highest BCUT2D eigenvalue weighted by Gasteiger charge is 2.27. The van der Waals surface area contributed by atoms with E-state index in [2.05, 4.69) is 10.4 Å². The minimum atomic E-state index is -1.29. The topological polar surface area (TPSA) is 87.8 Å². The molecular weight excluding hydrogens is 292 g/mol. The molecule has 1 aliphatic rings. The smallest absolute Gasteiger partial charge is 0.245 e. The van der Waals surface area contributed by atoms with Crippen molar-refractivity contribution in [3.63, 3.8) is 0 Å². The van der Waals surface area contributed by atoms with Gasteiger partial charge in [-0.1, -0.05) is 12.8 Å². The van der Waals surface area contributed by atoms with Gasteiger partial charge in [-0.05, 0) is 38.8 Å². The molecule has 1 atom stereocenters. The monoisotopic (exact) mass is 314 g/mol. The summed E-state index contributed by atoms with van der Waals surface area (Å²) < 4.78 is 1.73. The summed E-state index contributed by atoms with van der Waals surface area (Å²) in [6.07, 6.45) is 6.93. The Bertz CT molecular complexity index is 676. The molecule has 0 saturated heterocycles. The fourth-order valence-corrected chi connectivity index (χ4v) is 2.90. The second-order valence-electron chi connectivity index (χ2n) is 6.00. The van der Waals surface area contributed by atoms with Crippen molar-refractivity contribution in [2.45, 2.75) is 45.6 Å². The van der Waals surface area contributed by atoms with Gasteiger partial charge >= 0.3 is 0 Å². The predicted molar refractivity (Wildman–Crippen MR) is 86.2 cm³/mol. The van der Waals surface area contributed by atoms with E-state index < -0.39 is 17.6 Å². The van der Waals surface area contributed by atoms with Crippen LogP contribution in [0.2, 0.25) is 0 Å². The normalized spacial score (nSPS) is 16.4. The molecule has 0 aromatic carbocycles. The van der Waals surface area contributed by atoms with Crippen LogP contribution in [0.3, 0.4) is 0 Å². The summed E-state index contributed by atoms with van der Waals surface area (Å²) >= 11 is 0. The molecular formula is C17H22N4O2. The standard InChI is InChI=1S/C17H22N4O2/c1-11-14(12(2)21(3)20-11)8-9-16(22)15(10-18)17(23)19-13-6-4-5-7-13/h8-9,13,15H,4-7H2,1-3H3,(H,19,23)/b9-8-/t15-/m1/s1. The van der Waals surface area contributed by atoms with E-state index >= 15 is 0 Å². The molecule has 1 aromatic rings. The molecule has 1 N–H and O–H groups in total. The van der Waals surface area contributed by atoms with Gasteiger partial charge in [0.1, 0.15) is 0 Å². The van der Waals surface area contributed by atoms with Crippen LogP contribution >= 0.6 is 0 Å². The summed E-state index contributed by atoms with van der Waals surface area (Å²) in [5.41, 5.74) is 2.57. The lowest BCUT2D eigenvalue weighted by molar-refractivity contribution is -0.129. The van der Waals surface area contributed by atoms with Crippen LogP contribution < -0.4 is 5.32 Å². The maximum absolute atomic E-state index is 12.2. The van der Waals surface area contributed by atoms with E-state index in [1.165, 1.54) is 6.08 Å². The van der Waals surface area contributed by atoms with E-state index in [9.17, 15) is 9.59 Å². The number of rotatable bonds is 5. The molecule has 1 saturated carbocycles. The number of nitrogens with one attached hydrogen (secondary N) is 1. The van der Waals surface area contributed by atoms with Crippen LogP contribution in [0.5, 0.6) is 0 Å². The van der Waals surface area contributed by atoms with Gasteiger partial charge in [0.15, 0.2) is 11.7 Å². The van der Waals surface area contributed by atoms with Crippen LogP contribution in [0.25, 0.3) is 6.08 Å². The van der Waals surface area contributed by atoms with Crippen molar-refractivity contribution in [2.75, 3.05) is 0 Å². The Labute approximate surface area is 136 Å². The van der Waals surface area contributed by atoms with Crippen LogP contribution in [-0.2, 0) is 16.6 Å². The summed E-state index contributed by atoms with van der Waals surface area (Å²) in [6.45, 7) is 3.75. The summed E-state index contributed by atoms with van der Waals surface area (Å²) in [5, 5.41) is 16.2. The third-order valence-electron chi connectivity index (χ3n) is 4.36. The Morgan fingerprint density at radius 2 is 2.04 bits per heavy atom. The summed E-state index contributed by atoms with van der Waals surface area (Å²) in [7, 11) is 1.83. The van der Waals surface area contributed by atoms with E-state index in [-0.39, 0.29) is 6.04 Å². The first-order chi connectivity index (χ1) is 10.9. The Kier molecular flexibility index (Phi) is 5.32. The van der Waals surface area contributed by atoms with Crippen LogP contribution in [0.15, 0.2) is 6.08 Å². The molecule has 0 spiro atoms. The van der Waals surface area contributed by atoms with Gasteiger partial charge in [-0.2, -0.15) is 10.4 Å². The third-order valence-corrected chi connectivity index (χ3v) is 4.36. The van der Waals surface area contributed by atoms with Gasteiger partial charge in [-0.25, -0.2) is 0 Å². The highest BCUT2D eigenvalue weighted by Crippen LogP contribution is 2.18. The van der Waals surface area contributed by atoms with Crippen molar-refractivity contribution < 1.29 is 9.59 Å². The fraction of sp³-hybridized carbons (Fsp3) is 0.529. The number of carbonyl (C=O) groups is 2. The van der Waals surface area contributed by atoms with E-state index in [4.69, 9.17) is 5.26 Å². The third kappa shape index (κ3) is 3.86. The largest absolute Gasteiger partial charge is 0.352 e. The van der Waals surface area contributed by atoms with Crippen molar-refractivity contribution in [1.82, 2.24) is 15.1 Å². The van der Waals surface area contributed by atoms with Crippen molar-refractivity contribution in [1.29, 1.82) is 5.26 Å². The molecule has 122 valence electrons. The zero-order chi connectivity index (χ0) is 17.0. The lowest BCUT2D eigenvalue weighted by Crippen LogP contribution is -2.39. The molecule has 6 nitrogen and oxygen atoms in total. The number of allylic oxidation sites excluding steroid dienone is 1. The first kappa shape index (κ1) is 16.9. The number of aryl methyl sites for hydroxylation is 2. The Morgan fingerprint density at radius 3 is 2.57 bits per heavy atom. The van der Waals surface area contributed by atoms with Crippen LogP contribution in [0.4, 0.5) is 0 Å². The van der Waals surface area contributed by atoms with Crippen molar-refractivity contribution in [2.24, 2.45) is 13.0 Å². The fourth-order valence-electron chi connectivity index (χ4n) is 2.90. The van der Waals surface area contributed by atoms with Gasteiger partial charge in [0.2, 0.25) is 5.91 Å². The molecule has 1 aliphatic carbocycles. The summed E-state index contributed by atoms with van der Waals surface area (Å²) in [4.78, 5) is 24.3. The first-order valence-electron chi connectivity index (χ1n) is 7.86. The number of ketones is 1. The van der Waals surface area contributed by atoms with Crippen LogP contribution in [0.1, 0.15) is 42.6 Å². The molecule has 6 heteroatoms. The van der Waals surface area contributed by atoms with E-state index in [0.717, 1.165) is 42.6 Å². The second kappa shape index (κ2) is 7.23. The van der Waals surface area contributed by atoms with Gasteiger partial charge < -0.3 is 5.32 Å². The lowest BCUT2D eigenvalue weighted by Gasteiger charge is -2.13. The maximum atomic E-state index is 12.2. The molecule has 1 aromatic heterocycles. The number of aromatic nitrogens is 2.